The van der Waals surface area contributed by atoms with Crippen LogP contribution < -0.4 is 0 Å². The van der Waals surface area contributed by atoms with Crippen LogP contribution in [0.3, 0.4) is 0 Å². The topological polar surface area (TPSA) is 49.8 Å². The van der Waals surface area contributed by atoms with Crippen LogP contribution >= 0.6 is 0 Å². The van der Waals surface area contributed by atoms with Crippen molar-refractivity contribution in [2.24, 2.45) is 0 Å². The average molecular weight is 203 g/mol. The Morgan fingerprint density at radius 3 is 2.64 bits per heavy atom. The Labute approximate surface area is 85.9 Å². The molecular weight excluding hydrogens is 182 g/mol. The van der Waals surface area contributed by atoms with E-state index in [2.05, 4.69) is 6.92 Å². The number of carbonyl (C=O) groups excluding carboxylic acids is 1. The maximum absolute atomic E-state index is 11.3. The highest BCUT2D eigenvalue weighted by atomic mass is 16.6. The number of aliphatic hydroxyl groups excluding tert-OH is 1. The first-order valence-corrected chi connectivity index (χ1v) is 5.21. The third-order valence-corrected chi connectivity index (χ3v) is 1.94. The third-order valence-electron chi connectivity index (χ3n) is 1.94. The second-order valence-corrected chi connectivity index (χ2v) is 3.32. The summed E-state index contributed by atoms with van der Waals surface area (Å²) < 4.78 is 5.00. The number of hydrogen-bond donors (Lipinski definition) is 1. The molecular formula is C10H21NO3. The molecule has 0 saturated heterocycles. The van der Waals surface area contributed by atoms with Crippen LogP contribution in [0.15, 0.2) is 0 Å². The van der Waals surface area contributed by atoms with Crippen LogP contribution in [-0.2, 0) is 4.74 Å². The van der Waals surface area contributed by atoms with E-state index in [1.54, 1.807) is 11.9 Å². The SMILES string of the molecule is CCCCOC(=O)N(C)CCCCO. The zero-order valence-corrected chi connectivity index (χ0v) is 9.16. The van der Waals surface area contributed by atoms with E-state index in [1.807, 2.05) is 0 Å². The van der Waals surface area contributed by atoms with Crippen molar-refractivity contribution in [1.82, 2.24) is 4.90 Å². The fourth-order valence-corrected chi connectivity index (χ4v) is 0.966. The lowest BCUT2D eigenvalue weighted by Crippen LogP contribution is -2.28. The number of hydrogen-bond acceptors (Lipinski definition) is 3. The maximum atomic E-state index is 11.3. The molecule has 0 aliphatic rings. The minimum Gasteiger partial charge on any atom is -0.449 e. The van der Waals surface area contributed by atoms with Crippen molar-refractivity contribution in [3.05, 3.63) is 0 Å². The smallest absolute Gasteiger partial charge is 0.409 e. The maximum Gasteiger partial charge on any atom is 0.409 e. The van der Waals surface area contributed by atoms with Crippen molar-refractivity contribution in [1.29, 1.82) is 0 Å². The zero-order valence-electron chi connectivity index (χ0n) is 9.16. The van der Waals surface area contributed by atoms with Crippen molar-refractivity contribution in [3.8, 4) is 0 Å². The van der Waals surface area contributed by atoms with Gasteiger partial charge in [0.2, 0.25) is 0 Å². The van der Waals surface area contributed by atoms with E-state index in [-0.39, 0.29) is 12.7 Å². The molecule has 1 N–H and O–H groups in total. The second kappa shape index (κ2) is 8.81. The summed E-state index contributed by atoms with van der Waals surface area (Å²) in [4.78, 5) is 12.8. The molecule has 0 unspecified atom stereocenters. The second-order valence-electron chi connectivity index (χ2n) is 3.32. The summed E-state index contributed by atoms with van der Waals surface area (Å²) in [6.07, 6.45) is 3.22. The van der Waals surface area contributed by atoms with E-state index in [1.165, 1.54) is 0 Å². The van der Waals surface area contributed by atoms with Crippen LogP contribution in [0, 0.1) is 0 Å². The van der Waals surface area contributed by atoms with Gasteiger partial charge in [0, 0.05) is 20.2 Å². The monoisotopic (exact) mass is 203 g/mol. The van der Waals surface area contributed by atoms with Gasteiger partial charge in [0.1, 0.15) is 0 Å². The molecule has 0 heterocycles. The van der Waals surface area contributed by atoms with Gasteiger partial charge in [0.25, 0.3) is 0 Å². The number of nitrogens with zero attached hydrogens (tertiary/aromatic N) is 1. The lowest BCUT2D eigenvalue weighted by atomic mass is 10.3. The quantitative estimate of drug-likeness (QED) is 0.640. The van der Waals surface area contributed by atoms with E-state index < -0.39 is 0 Å². The molecule has 4 nitrogen and oxygen atoms in total. The van der Waals surface area contributed by atoms with Crippen LogP contribution in [0.25, 0.3) is 0 Å². The molecule has 0 aromatic carbocycles. The van der Waals surface area contributed by atoms with Gasteiger partial charge in [-0.1, -0.05) is 13.3 Å². The Hall–Kier alpha value is -0.770. The molecule has 84 valence electrons. The molecule has 4 heteroatoms. The number of amides is 1. The number of unbranched alkanes of at least 4 members (excludes halogenated alkanes) is 2. The first kappa shape index (κ1) is 13.2. The molecule has 0 aliphatic carbocycles. The largest absolute Gasteiger partial charge is 0.449 e. The van der Waals surface area contributed by atoms with Crippen LogP contribution in [0.2, 0.25) is 0 Å². The van der Waals surface area contributed by atoms with Crippen molar-refractivity contribution in [3.63, 3.8) is 0 Å². The fraction of sp³-hybridized carbons (Fsp3) is 0.900. The molecule has 0 atom stereocenters. The molecule has 1 amide bonds. The van der Waals surface area contributed by atoms with E-state index in [4.69, 9.17) is 9.84 Å². The van der Waals surface area contributed by atoms with E-state index in [0.29, 0.717) is 13.2 Å². The molecule has 0 fully saturated rings. The normalized spacial score (nSPS) is 9.93. The summed E-state index contributed by atoms with van der Waals surface area (Å²) in [6, 6.07) is 0. The minimum absolute atomic E-state index is 0.179. The van der Waals surface area contributed by atoms with E-state index >= 15 is 0 Å². The molecule has 0 aromatic heterocycles. The molecule has 0 rings (SSSR count). The average Bonchev–Trinajstić information content (AvgIpc) is 2.18. The zero-order chi connectivity index (χ0) is 10.8. The molecule has 0 spiro atoms. The highest BCUT2D eigenvalue weighted by molar-refractivity contribution is 5.67. The summed E-state index contributed by atoms with van der Waals surface area (Å²) in [6.45, 7) is 3.38. The molecule has 0 aromatic rings. The molecule has 14 heavy (non-hydrogen) atoms. The highest BCUT2D eigenvalue weighted by Crippen LogP contribution is 1.97. The predicted octanol–water partition coefficient (Wildman–Crippen LogP) is 1.63. The highest BCUT2D eigenvalue weighted by Gasteiger charge is 2.08. The van der Waals surface area contributed by atoms with Crippen molar-refractivity contribution < 1.29 is 14.6 Å². The van der Waals surface area contributed by atoms with Gasteiger partial charge in [-0.2, -0.15) is 0 Å². The molecule has 0 aliphatic heterocycles. The Kier molecular flexibility index (Phi) is 8.33. The van der Waals surface area contributed by atoms with Gasteiger partial charge in [-0.05, 0) is 19.3 Å². The van der Waals surface area contributed by atoms with E-state index in [0.717, 1.165) is 25.7 Å². The molecule has 0 saturated carbocycles. The Morgan fingerprint density at radius 1 is 1.36 bits per heavy atom. The van der Waals surface area contributed by atoms with Crippen LogP contribution in [0.4, 0.5) is 4.79 Å². The molecule has 0 bridgehead atoms. The lowest BCUT2D eigenvalue weighted by molar-refractivity contribution is 0.108. The Morgan fingerprint density at radius 2 is 2.07 bits per heavy atom. The van der Waals surface area contributed by atoms with Crippen LogP contribution in [0.1, 0.15) is 32.6 Å². The first-order chi connectivity index (χ1) is 6.72. The van der Waals surface area contributed by atoms with Gasteiger partial charge in [0.15, 0.2) is 0 Å². The predicted molar refractivity (Wildman–Crippen MR) is 55.2 cm³/mol. The van der Waals surface area contributed by atoms with Crippen molar-refractivity contribution in [2.45, 2.75) is 32.6 Å². The van der Waals surface area contributed by atoms with Crippen LogP contribution in [-0.4, -0.2) is 42.9 Å². The van der Waals surface area contributed by atoms with Gasteiger partial charge in [0.05, 0.1) is 6.61 Å². The summed E-state index contributed by atoms with van der Waals surface area (Å²) in [5, 5.41) is 8.56. The Bertz CT molecular complexity index is 150. The van der Waals surface area contributed by atoms with Crippen molar-refractivity contribution >= 4 is 6.09 Å². The summed E-state index contributed by atoms with van der Waals surface area (Å²) in [5.74, 6) is 0. The number of aliphatic hydroxyl groups is 1. The number of ether oxygens (including phenoxy) is 1. The standard InChI is InChI=1S/C10H21NO3/c1-3-4-9-14-10(13)11(2)7-5-6-8-12/h12H,3-9H2,1-2H3. The van der Waals surface area contributed by atoms with Gasteiger partial charge in [-0.3, -0.25) is 0 Å². The van der Waals surface area contributed by atoms with Gasteiger partial charge in [-0.25, -0.2) is 4.79 Å². The summed E-state index contributed by atoms with van der Waals surface area (Å²) in [7, 11) is 1.71. The minimum atomic E-state index is -0.267. The van der Waals surface area contributed by atoms with Gasteiger partial charge < -0.3 is 14.7 Å². The van der Waals surface area contributed by atoms with Crippen LogP contribution in [0.5, 0.6) is 0 Å². The van der Waals surface area contributed by atoms with Crippen molar-refractivity contribution in [2.75, 3.05) is 26.8 Å². The van der Waals surface area contributed by atoms with Gasteiger partial charge in [-0.15, -0.1) is 0 Å². The molecule has 0 radical (unpaired) electrons. The van der Waals surface area contributed by atoms with Gasteiger partial charge >= 0.3 is 6.09 Å². The fourth-order valence-electron chi connectivity index (χ4n) is 0.966. The first-order valence-electron chi connectivity index (χ1n) is 5.21. The Balaban J connectivity index is 3.44. The number of rotatable bonds is 7. The number of carbonyl (C=O) groups is 1. The lowest BCUT2D eigenvalue weighted by Gasteiger charge is -2.16. The third kappa shape index (κ3) is 6.71. The summed E-state index contributed by atoms with van der Waals surface area (Å²) in [5.41, 5.74) is 0. The summed E-state index contributed by atoms with van der Waals surface area (Å²) >= 11 is 0. The van der Waals surface area contributed by atoms with E-state index in [9.17, 15) is 4.79 Å².